The Morgan fingerprint density at radius 1 is 1.15 bits per heavy atom. The fraction of sp³-hybridized carbons (Fsp3) is 0. The lowest BCUT2D eigenvalue weighted by Gasteiger charge is -2.01. The fourth-order valence-electron chi connectivity index (χ4n) is 1.50. The predicted octanol–water partition coefficient (Wildman–Crippen LogP) is 3.11. The molecule has 0 amide bonds. The minimum atomic E-state index is -1.04. The van der Waals surface area contributed by atoms with Crippen LogP contribution in [0, 0.1) is 11.6 Å². The van der Waals surface area contributed by atoms with Crippen molar-refractivity contribution in [2.45, 2.75) is 0 Å². The molecule has 2 aromatic carbocycles. The molecule has 2 rings (SSSR count). The highest BCUT2D eigenvalue weighted by atomic mass is 19.2. The van der Waals surface area contributed by atoms with Crippen molar-refractivity contribution in [1.29, 1.82) is 0 Å². The summed E-state index contributed by atoms with van der Waals surface area (Å²) in [6, 6.07) is 9.44. The predicted molar refractivity (Wildman–Crippen MR) is 71.0 cm³/mol. The topological polar surface area (TPSA) is 61.7 Å². The molecule has 102 valence electrons. The molecule has 0 unspecified atom stereocenters. The van der Waals surface area contributed by atoms with Crippen LogP contribution in [0.3, 0.4) is 0 Å². The number of hydrogen-bond donors (Lipinski definition) is 2. The van der Waals surface area contributed by atoms with E-state index in [2.05, 4.69) is 10.5 Å². The van der Waals surface area contributed by atoms with Crippen molar-refractivity contribution in [2.24, 2.45) is 5.10 Å². The number of rotatable bonds is 4. The van der Waals surface area contributed by atoms with Crippen LogP contribution in [0.2, 0.25) is 0 Å². The van der Waals surface area contributed by atoms with Gasteiger partial charge in [0.15, 0.2) is 11.6 Å². The Hall–Kier alpha value is -2.76. The number of benzene rings is 2. The van der Waals surface area contributed by atoms with Crippen molar-refractivity contribution in [3.8, 4) is 0 Å². The lowest BCUT2D eigenvalue weighted by Crippen LogP contribution is -1.98. The average Bonchev–Trinajstić information content (AvgIpc) is 2.43. The third kappa shape index (κ3) is 3.38. The maximum atomic E-state index is 12.9. The highest BCUT2D eigenvalue weighted by Gasteiger charge is 2.02. The van der Waals surface area contributed by atoms with Crippen molar-refractivity contribution in [3.63, 3.8) is 0 Å². The summed E-state index contributed by atoms with van der Waals surface area (Å²) in [5.74, 6) is -2.93. The van der Waals surface area contributed by atoms with Gasteiger partial charge >= 0.3 is 5.97 Å². The number of halogens is 2. The molecule has 0 aromatic heterocycles. The van der Waals surface area contributed by atoms with E-state index in [9.17, 15) is 13.6 Å². The first kappa shape index (κ1) is 13.7. The molecule has 0 atom stereocenters. The third-order valence-electron chi connectivity index (χ3n) is 2.46. The summed E-state index contributed by atoms with van der Waals surface area (Å²) in [5.41, 5.74) is 3.59. The standard InChI is InChI=1S/C14H10F2N2O2/c15-12-5-4-9(6-13(12)16)8-17-18-11-3-1-2-10(7-11)14(19)20/h1-8,18H,(H,19,20)/b17-8+. The minimum absolute atomic E-state index is 0.123. The molecular formula is C14H10F2N2O2. The van der Waals surface area contributed by atoms with Gasteiger partial charge < -0.3 is 5.11 Å². The van der Waals surface area contributed by atoms with Crippen LogP contribution in [0.5, 0.6) is 0 Å². The van der Waals surface area contributed by atoms with E-state index >= 15 is 0 Å². The molecule has 0 radical (unpaired) electrons. The Balaban J connectivity index is 2.07. The number of nitrogens with one attached hydrogen (secondary N) is 1. The first-order chi connectivity index (χ1) is 9.56. The molecule has 20 heavy (non-hydrogen) atoms. The Bertz CT molecular complexity index is 672. The Morgan fingerprint density at radius 2 is 1.95 bits per heavy atom. The molecule has 4 nitrogen and oxygen atoms in total. The van der Waals surface area contributed by atoms with E-state index in [1.807, 2.05) is 0 Å². The van der Waals surface area contributed by atoms with Crippen LogP contribution in [0.15, 0.2) is 47.6 Å². The van der Waals surface area contributed by atoms with Gasteiger partial charge in [0.25, 0.3) is 0 Å². The fourth-order valence-corrected chi connectivity index (χ4v) is 1.50. The van der Waals surface area contributed by atoms with Gasteiger partial charge in [-0.25, -0.2) is 13.6 Å². The lowest BCUT2D eigenvalue weighted by atomic mass is 10.2. The summed E-state index contributed by atoms with van der Waals surface area (Å²) in [4.78, 5) is 10.8. The van der Waals surface area contributed by atoms with E-state index in [0.29, 0.717) is 11.3 Å². The molecule has 0 heterocycles. The zero-order valence-corrected chi connectivity index (χ0v) is 10.2. The van der Waals surface area contributed by atoms with E-state index in [1.54, 1.807) is 12.1 Å². The van der Waals surface area contributed by atoms with Gasteiger partial charge in [-0.05, 0) is 35.9 Å². The van der Waals surface area contributed by atoms with E-state index in [4.69, 9.17) is 5.11 Å². The molecule has 0 aliphatic heterocycles. The monoisotopic (exact) mass is 276 g/mol. The summed E-state index contributed by atoms with van der Waals surface area (Å²) in [6.45, 7) is 0. The molecular weight excluding hydrogens is 266 g/mol. The highest BCUT2D eigenvalue weighted by Crippen LogP contribution is 2.11. The number of aromatic carboxylic acids is 1. The molecule has 0 saturated heterocycles. The Kier molecular flexibility index (Phi) is 4.05. The largest absolute Gasteiger partial charge is 0.478 e. The summed E-state index contributed by atoms with van der Waals surface area (Å²) < 4.78 is 25.7. The van der Waals surface area contributed by atoms with Crippen LogP contribution < -0.4 is 5.43 Å². The van der Waals surface area contributed by atoms with Crippen LogP contribution in [0.1, 0.15) is 15.9 Å². The SMILES string of the molecule is O=C(O)c1cccc(N/N=C/c2ccc(F)c(F)c2)c1. The average molecular weight is 276 g/mol. The quantitative estimate of drug-likeness (QED) is 0.666. The summed E-state index contributed by atoms with van der Waals surface area (Å²) >= 11 is 0. The lowest BCUT2D eigenvalue weighted by molar-refractivity contribution is 0.0697. The number of carboxylic acids is 1. The van der Waals surface area contributed by atoms with Gasteiger partial charge in [-0.1, -0.05) is 12.1 Å². The van der Waals surface area contributed by atoms with Gasteiger partial charge in [0.2, 0.25) is 0 Å². The normalized spacial score (nSPS) is 10.7. The first-order valence-corrected chi connectivity index (χ1v) is 5.64. The molecule has 0 aliphatic rings. The molecule has 2 N–H and O–H groups in total. The van der Waals surface area contributed by atoms with Crippen molar-refractivity contribution < 1.29 is 18.7 Å². The molecule has 0 aliphatic carbocycles. The van der Waals surface area contributed by atoms with Crippen LogP contribution in [0.25, 0.3) is 0 Å². The van der Waals surface area contributed by atoms with Gasteiger partial charge in [-0.3, -0.25) is 5.43 Å². The molecule has 0 fully saturated rings. The highest BCUT2D eigenvalue weighted by molar-refractivity contribution is 5.88. The minimum Gasteiger partial charge on any atom is -0.478 e. The number of nitrogens with zero attached hydrogens (tertiary/aromatic N) is 1. The first-order valence-electron chi connectivity index (χ1n) is 5.64. The second-order valence-corrected chi connectivity index (χ2v) is 3.93. The molecule has 2 aromatic rings. The van der Waals surface area contributed by atoms with Crippen molar-refractivity contribution in [3.05, 3.63) is 65.2 Å². The van der Waals surface area contributed by atoms with Crippen LogP contribution >= 0.6 is 0 Å². The zero-order valence-electron chi connectivity index (χ0n) is 10.2. The zero-order chi connectivity index (χ0) is 14.5. The molecule has 6 heteroatoms. The van der Waals surface area contributed by atoms with E-state index in [-0.39, 0.29) is 5.56 Å². The third-order valence-corrected chi connectivity index (χ3v) is 2.46. The van der Waals surface area contributed by atoms with Crippen molar-refractivity contribution in [1.82, 2.24) is 0 Å². The number of anilines is 1. The molecule has 0 saturated carbocycles. The van der Waals surface area contributed by atoms with Gasteiger partial charge in [0.1, 0.15) is 0 Å². The maximum absolute atomic E-state index is 12.9. The number of hydrazone groups is 1. The maximum Gasteiger partial charge on any atom is 0.335 e. The molecule has 0 spiro atoms. The van der Waals surface area contributed by atoms with E-state index in [0.717, 1.165) is 12.1 Å². The summed E-state index contributed by atoms with van der Waals surface area (Å²) in [6.07, 6.45) is 1.30. The number of hydrogen-bond acceptors (Lipinski definition) is 3. The Morgan fingerprint density at radius 3 is 2.65 bits per heavy atom. The van der Waals surface area contributed by atoms with Gasteiger partial charge in [-0.2, -0.15) is 5.10 Å². The van der Waals surface area contributed by atoms with Crippen molar-refractivity contribution in [2.75, 3.05) is 5.43 Å². The summed E-state index contributed by atoms with van der Waals surface area (Å²) in [5, 5.41) is 12.7. The van der Waals surface area contributed by atoms with E-state index < -0.39 is 17.6 Å². The number of carbonyl (C=O) groups is 1. The van der Waals surface area contributed by atoms with Gasteiger partial charge in [-0.15, -0.1) is 0 Å². The molecule has 0 bridgehead atoms. The van der Waals surface area contributed by atoms with Gasteiger partial charge in [0.05, 0.1) is 17.5 Å². The smallest absolute Gasteiger partial charge is 0.335 e. The Labute approximate surface area is 113 Å². The summed E-state index contributed by atoms with van der Waals surface area (Å²) in [7, 11) is 0. The van der Waals surface area contributed by atoms with Gasteiger partial charge in [0, 0.05) is 0 Å². The van der Waals surface area contributed by atoms with Crippen LogP contribution in [-0.2, 0) is 0 Å². The van der Waals surface area contributed by atoms with Crippen molar-refractivity contribution >= 4 is 17.9 Å². The number of carboxylic acid groups (broad SMARTS) is 1. The van der Waals surface area contributed by atoms with Crippen LogP contribution in [0.4, 0.5) is 14.5 Å². The van der Waals surface area contributed by atoms with Crippen LogP contribution in [-0.4, -0.2) is 17.3 Å². The second-order valence-electron chi connectivity index (χ2n) is 3.93. The van der Waals surface area contributed by atoms with E-state index in [1.165, 1.54) is 24.4 Å². The second kappa shape index (κ2) is 5.92.